The van der Waals surface area contributed by atoms with Crippen LogP contribution in [0.3, 0.4) is 0 Å². The van der Waals surface area contributed by atoms with Gasteiger partial charge in [0.25, 0.3) is 17.5 Å². The predicted molar refractivity (Wildman–Crippen MR) is 139 cm³/mol. The van der Waals surface area contributed by atoms with Gasteiger partial charge in [-0.1, -0.05) is 56.3 Å². The first-order chi connectivity index (χ1) is 18.5. The molecule has 1 aliphatic heterocycles. The van der Waals surface area contributed by atoms with Crippen LogP contribution in [0.15, 0.2) is 101 Å². The van der Waals surface area contributed by atoms with Crippen molar-refractivity contribution in [3.63, 3.8) is 0 Å². The number of esters is 1. The van der Waals surface area contributed by atoms with Crippen molar-refractivity contribution in [2.75, 3.05) is 7.11 Å². The molecule has 0 saturated heterocycles. The minimum atomic E-state index is -0.888. The summed E-state index contributed by atoms with van der Waals surface area (Å²) in [6.45, 7) is 3.85. The van der Waals surface area contributed by atoms with E-state index in [1.807, 2.05) is 19.9 Å². The number of rotatable bonds is 10. The molecule has 0 bridgehead atoms. The summed E-state index contributed by atoms with van der Waals surface area (Å²) in [6, 6.07) is 21.6. The van der Waals surface area contributed by atoms with Crippen LogP contribution in [0.25, 0.3) is 0 Å². The fourth-order valence-electron chi connectivity index (χ4n) is 4.05. The summed E-state index contributed by atoms with van der Waals surface area (Å²) >= 11 is 0. The molecular formula is C29H27N3O6. The second-order valence-electron chi connectivity index (χ2n) is 8.31. The number of hydrogen-bond acceptors (Lipinski definition) is 8. The highest BCUT2D eigenvalue weighted by Crippen LogP contribution is 2.34. The van der Waals surface area contributed by atoms with E-state index in [0.29, 0.717) is 18.6 Å². The van der Waals surface area contributed by atoms with Gasteiger partial charge in [0.05, 0.1) is 23.9 Å². The lowest BCUT2D eigenvalue weighted by Crippen LogP contribution is -2.39. The van der Waals surface area contributed by atoms with Crippen LogP contribution < -0.4 is 9.47 Å². The Morgan fingerprint density at radius 3 is 2.00 bits per heavy atom. The van der Waals surface area contributed by atoms with E-state index in [4.69, 9.17) is 14.2 Å². The number of carbonyl (C=O) groups is 3. The van der Waals surface area contributed by atoms with Gasteiger partial charge in [-0.25, -0.2) is 4.79 Å². The number of nitrogens with zero attached hydrogens (tertiary/aromatic N) is 3. The Balaban J connectivity index is 1.74. The van der Waals surface area contributed by atoms with E-state index in [1.54, 1.807) is 72.8 Å². The molecule has 1 heterocycles. The third-order valence-corrected chi connectivity index (χ3v) is 5.97. The maximum atomic E-state index is 13.3. The zero-order valence-electron chi connectivity index (χ0n) is 21.3. The smallest absolute Gasteiger partial charge is 0.371 e. The lowest BCUT2D eigenvalue weighted by Gasteiger charge is -2.23. The van der Waals surface area contributed by atoms with E-state index in [1.165, 1.54) is 12.0 Å². The minimum Gasteiger partial charge on any atom is -0.467 e. The molecule has 0 aliphatic carbocycles. The molecule has 9 nitrogen and oxygen atoms in total. The van der Waals surface area contributed by atoms with Crippen LogP contribution in [0, 0.1) is 0 Å². The third kappa shape index (κ3) is 5.46. The molecule has 0 spiro atoms. The Morgan fingerprint density at radius 1 is 0.816 bits per heavy atom. The fraction of sp³-hybridized carbons (Fsp3) is 0.207. The summed E-state index contributed by atoms with van der Waals surface area (Å²) in [5, 5.41) is 8.29. The van der Waals surface area contributed by atoms with E-state index in [9.17, 15) is 14.4 Å². The van der Waals surface area contributed by atoms with Gasteiger partial charge in [-0.15, -0.1) is 10.2 Å². The Morgan fingerprint density at radius 2 is 1.42 bits per heavy atom. The monoisotopic (exact) mass is 513 g/mol. The maximum absolute atomic E-state index is 13.3. The molecular weight excluding hydrogens is 486 g/mol. The molecule has 4 rings (SSSR count). The number of carbonyl (C=O) groups excluding carboxylic acids is 3. The number of para-hydroxylation sites is 2. The second kappa shape index (κ2) is 12.0. The molecule has 3 aromatic rings. The van der Waals surface area contributed by atoms with Crippen molar-refractivity contribution in [2.24, 2.45) is 10.2 Å². The molecule has 0 fully saturated rings. The van der Waals surface area contributed by atoms with Crippen LogP contribution in [0.4, 0.5) is 5.69 Å². The number of methoxy groups -OCH3 is 1. The van der Waals surface area contributed by atoms with Gasteiger partial charge in [-0.05, 0) is 49.2 Å². The highest BCUT2D eigenvalue weighted by atomic mass is 16.7. The van der Waals surface area contributed by atoms with Gasteiger partial charge in [-0.2, -0.15) is 0 Å². The molecule has 0 saturated carbocycles. The van der Waals surface area contributed by atoms with Gasteiger partial charge < -0.3 is 14.2 Å². The topological polar surface area (TPSA) is 107 Å². The molecule has 9 heteroatoms. The largest absolute Gasteiger partial charge is 0.467 e. The van der Waals surface area contributed by atoms with E-state index in [0.717, 1.165) is 0 Å². The van der Waals surface area contributed by atoms with Gasteiger partial charge in [0.2, 0.25) is 0 Å². The number of imide groups is 1. The average molecular weight is 514 g/mol. The first-order valence-corrected chi connectivity index (χ1v) is 12.2. The first-order valence-electron chi connectivity index (χ1n) is 12.2. The number of hydrogen-bond donors (Lipinski definition) is 0. The second-order valence-corrected chi connectivity index (χ2v) is 8.31. The van der Waals surface area contributed by atoms with Crippen molar-refractivity contribution in [1.82, 2.24) is 4.90 Å². The summed E-state index contributed by atoms with van der Waals surface area (Å²) in [4.78, 5) is 40.8. The molecule has 38 heavy (non-hydrogen) atoms. The van der Waals surface area contributed by atoms with Crippen molar-refractivity contribution in [3.05, 3.63) is 102 Å². The SMILES string of the molecule is CCC(CC)N1C(=O)c2cccc(N=N/C(C(=O)Oc3ccccc3)=C(\OC)Oc3ccccc3)c2C1=O. The fourth-order valence-corrected chi connectivity index (χ4v) is 4.05. The number of amides is 2. The van der Waals surface area contributed by atoms with Crippen LogP contribution in [0.1, 0.15) is 47.4 Å². The lowest BCUT2D eigenvalue weighted by molar-refractivity contribution is -0.130. The van der Waals surface area contributed by atoms with E-state index < -0.39 is 11.9 Å². The van der Waals surface area contributed by atoms with Crippen LogP contribution in [0.2, 0.25) is 0 Å². The van der Waals surface area contributed by atoms with Gasteiger partial charge in [0, 0.05) is 6.04 Å². The maximum Gasteiger partial charge on any atom is 0.371 e. The molecule has 0 N–H and O–H groups in total. The molecule has 0 aromatic heterocycles. The first kappa shape index (κ1) is 26.3. The minimum absolute atomic E-state index is 0.131. The van der Waals surface area contributed by atoms with Crippen molar-refractivity contribution < 1.29 is 28.6 Å². The normalized spacial score (nSPS) is 13.5. The lowest BCUT2D eigenvalue weighted by atomic mass is 10.1. The Kier molecular flexibility index (Phi) is 8.27. The van der Waals surface area contributed by atoms with Crippen molar-refractivity contribution >= 4 is 23.5 Å². The Labute approximate surface area is 220 Å². The molecule has 2 amide bonds. The van der Waals surface area contributed by atoms with Gasteiger partial charge >= 0.3 is 11.9 Å². The van der Waals surface area contributed by atoms with Crippen LogP contribution >= 0.6 is 0 Å². The van der Waals surface area contributed by atoms with Crippen LogP contribution in [-0.4, -0.2) is 35.8 Å². The predicted octanol–water partition coefficient (Wildman–Crippen LogP) is 6.06. The molecule has 194 valence electrons. The quantitative estimate of drug-likeness (QED) is 0.0815. The van der Waals surface area contributed by atoms with Crippen molar-refractivity contribution in [3.8, 4) is 11.5 Å². The van der Waals surface area contributed by atoms with E-state index in [-0.39, 0.29) is 46.2 Å². The number of benzene rings is 3. The summed E-state index contributed by atoms with van der Waals surface area (Å²) < 4.78 is 16.6. The summed E-state index contributed by atoms with van der Waals surface area (Å²) in [7, 11) is 1.32. The number of azo groups is 1. The highest BCUT2D eigenvalue weighted by Gasteiger charge is 2.40. The standard InChI is InChI=1S/C29H27N3O6/c1-4-19(5-2)32-26(33)22-17-12-18-23(24(22)27(32)34)30-31-25(28(35)37-20-13-8-6-9-14-20)29(36-3)38-21-15-10-7-11-16-21/h6-19H,4-5H2,1-3H3/b29-25+,31-30?. The van der Waals surface area contributed by atoms with Crippen molar-refractivity contribution in [2.45, 2.75) is 32.7 Å². The highest BCUT2D eigenvalue weighted by molar-refractivity contribution is 6.23. The summed E-state index contributed by atoms with van der Waals surface area (Å²) in [5.41, 5.74) is 0.135. The summed E-state index contributed by atoms with van der Waals surface area (Å²) in [5.74, 6) is -1.29. The third-order valence-electron chi connectivity index (χ3n) is 5.97. The van der Waals surface area contributed by atoms with Gasteiger partial charge in [-0.3, -0.25) is 14.5 Å². The zero-order valence-corrected chi connectivity index (χ0v) is 21.3. The number of ether oxygens (including phenoxy) is 3. The molecule has 0 atom stereocenters. The molecule has 1 aliphatic rings. The van der Waals surface area contributed by atoms with E-state index in [2.05, 4.69) is 10.2 Å². The van der Waals surface area contributed by atoms with Gasteiger partial charge in [0.15, 0.2) is 0 Å². The zero-order chi connectivity index (χ0) is 27.1. The van der Waals surface area contributed by atoms with Crippen LogP contribution in [0.5, 0.6) is 11.5 Å². The van der Waals surface area contributed by atoms with Gasteiger partial charge in [0.1, 0.15) is 11.5 Å². The Hall–Kier alpha value is -4.79. The average Bonchev–Trinajstić information content (AvgIpc) is 3.20. The van der Waals surface area contributed by atoms with Crippen LogP contribution in [-0.2, 0) is 9.53 Å². The number of fused-ring (bicyclic) bond motifs is 1. The van der Waals surface area contributed by atoms with Crippen molar-refractivity contribution in [1.29, 1.82) is 0 Å². The molecule has 0 radical (unpaired) electrons. The molecule has 0 unspecified atom stereocenters. The molecule has 3 aromatic carbocycles. The van der Waals surface area contributed by atoms with E-state index >= 15 is 0 Å². The Bertz CT molecular complexity index is 1380. The summed E-state index contributed by atoms with van der Waals surface area (Å²) in [6.07, 6.45) is 1.26.